The fraction of sp³-hybridized carbons (Fsp3) is 0.560. The molecule has 1 aromatic heterocycles. The first-order valence-corrected chi connectivity index (χ1v) is 11.8. The summed E-state index contributed by atoms with van der Waals surface area (Å²) in [4.78, 5) is 12.6. The van der Waals surface area contributed by atoms with Gasteiger partial charge in [-0.25, -0.2) is 14.2 Å². The molecule has 4 rings (SSSR count). The Morgan fingerprint density at radius 3 is 2.50 bits per heavy atom. The molecule has 0 radical (unpaired) electrons. The Balaban J connectivity index is 1.63. The van der Waals surface area contributed by atoms with Crippen LogP contribution in [0.15, 0.2) is 24.3 Å². The van der Waals surface area contributed by atoms with Crippen molar-refractivity contribution in [3.8, 4) is 22.8 Å². The van der Waals surface area contributed by atoms with E-state index >= 15 is 0 Å². The molecule has 2 aliphatic rings. The molecular weight excluding hydrogens is 409 g/mol. The standard InChI is InChI=1S/C25H34FN3O3/c1-18-24(32-25(30)27-28-13-7-4-8-14-28)16-22(21-15-20(26)11-12-23(21)31-2)29(18)17-19-9-5-3-6-10-19/h11-12,15-16,19H,3-10,13-14,17H2,1-2H3,(H,27,30). The SMILES string of the molecule is COc1ccc(F)cc1-c1cc(OC(=O)NN2CCCCC2)c(C)n1CC1CCCCC1. The number of hydrazine groups is 1. The van der Waals surface area contributed by atoms with E-state index in [9.17, 15) is 9.18 Å². The van der Waals surface area contributed by atoms with Crippen LogP contribution < -0.4 is 14.9 Å². The normalized spacial score (nSPS) is 17.8. The van der Waals surface area contributed by atoms with E-state index in [1.807, 2.05) is 18.0 Å². The van der Waals surface area contributed by atoms with E-state index in [1.54, 1.807) is 13.2 Å². The molecule has 1 aliphatic carbocycles. The minimum atomic E-state index is -0.484. The van der Waals surface area contributed by atoms with Crippen molar-refractivity contribution in [1.29, 1.82) is 0 Å². The van der Waals surface area contributed by atoms with Crippen molar-refractivity contribution in [2.24, 2.45) is 5.92 Å². The average molecular weight is 444 g/mol. The number of rotatable bonds is 6. The van der Waals surface area contributed by atoms with Gasteiger partial charge in [-0.1, -0.05) is 25.7 Å². The summed E-state index contributed by atoms with van der Waals surface area (Å²) in [6.07, 6.45) is 8.98. The number of hydrogen-bond acceptors (Lipinski definition) is 4. The molecule has 2 aromatic rings. The highest BCUT2D eigenvalue weighted by atomic mass is 19.1. The van der Waals surface area contributed by atoms with E-state index in [1.165, 1.54) is 50.7 Å². The quantitative estimate of drug-likeness (QED) is 0.624. The van der Waals surface area contributed by atoms with Gasteiger partial charge < -0.3 is 14.0 Å². The van der Waals surface area contributed by atoms with E-state index in [4.69, 9.17) is 9.47 Å². The first-order valence-electron chi connectivity index (χ1n) is 11.8. The molecule has 1 saturated heterocycles. The van der Waals surface area contributed by atoms with Gasteiger partial charge in [0.25, 0.3) is 0 Å². The van der Waals surface area contributed by atoms with E-state index in [0.717, 1.165) is 43.9 Å². The van der Waals surface area contributed by atoms with Crippen LogP contribution >= 0.6 is 0 Å². The summed E-state index contributed by atoms with van der Waals surface area (Å²) >= 11 is 0. The highest BCUT2D eigenvalue weighted by Crippen LogP contribution is 2.38. The van der Waals surface area contributed by atoms with Gasteiger partial charge >= 0.3 is 6.09 Å². The van der Waals surface area contributed by atoms with Gasteiger partial charge in [-0.3, -0.25) is 5.43 Å². The smallest absolute Gasteiger partial charge is 0.427 e. The van der Waals surface area contributed by atoms with Gasteiger partial charge in [0, 0.05) is 31.3 Å². The topological polar surface area (TPSA) is 55.7 Å². The van der Waals surface area contributed by atoms with Crippen molar-refractivity contribution in [1.82, 2.24) is 15.0 Å². The Hall–Kier alpha value is -2.54. The van der Waals surface area contributed by atoms with Gasteiger partial charge in [0.05, 0.1) is 18.5 Å². The molecule has 0 atom stereocenters. The van der Waals surface area contributed by atoms with Crippen molar-refractivity contribution >= 4 is 6.09 Å². The summed E-state index contributed by atoms with van der Waals surface area (Å²) < 4.78 is 27.6. The molecule has 1 aromatic carbocycles. The number of benzene rings is 1. The predicted octanol–water partition coefficient (Wildman–Crippen LogP) is 5.68. The molecular formula is C25H34FN3O3. The van der Waals surface area contributed by atoms with E-state index in [-0.39, 0.29) is 5.82 Å². The third-order valence-corrected chi connectivity index (χ3v) is 6.73. The third-order valence-electron chi connectivity index (χ3n) is 6.73. The molecule has 174 valence electrons. The predicted molar refractivity (Wildman–Crippen MR) is 122 cm³/mol. The zero-order valence-corrected chi connectivity index (χ0v) is 19.2. The Morgan fingerprint density at radius 1 is 1.06 bits per heavy atom. The Labute approximate surface area is 189 Å². The van der Waals surface area contributed by atoms with E-state index in [2.05, 4.69) is 9.99 Å². The molecule has 6 nitrogen and oxygen atoms in total. The number of halogens is 1. The molecule has 0 bridgehead atoms. The summed E-state index contributed by atoms with van der Waals surface area (Å²) in [7, 11) is 1.58. The lowest BCUT2D eigenvalue weighted by Crippen LogP contribution is -2.46. The molecule has 0 spiro atoms. The summed E-state index contributed by atoms with van der Waals surface area (Å²) in [5.41, 5.74) is 5.20. The highest BCUT2D eigenvalue weighted by molar-refractivity contribution is 5.74. The van der Waals surface area contributed by atoms with Gasteiger partial charge in [0.2, 0.25) is 0 Å². The molecule has 1 amide bonds. The monoisotopic (exact) mass is 443 g/mol. The molecule has 32 heavy (non-hydrogen) atoms. The average Bonchev–Trinajstić information content (AvgIpc) is 3.10. The molecule has 7 heteroatoms. The van der Waals surface area contributed by atoms with Crippen LogP contribution in [0.2, 0.25) is 0 Å². The first kappa shape index (κ1) is 22.6. The maximum Gasteiger partial charge on any atom is 0.427 e. The fourth-order valence-electron chi connectivity index (χ4n) is 4.95. The van der Waals surface area contributed by atoms with Crippen molar-refractivity contribution in [3.05, 3.63) is 35.8 Å². The molecule has 1 saturated carbocycles. The van der Waals surface area contributed by atoms with Crippen LogP contribution in [0, 0.1) is 18.7 Å². The van der Waals surface area contributed by atoms with Crippen LogP contribution in [0.4, 0.5) is 9.18 Å². The van der Waals surface area contributed by atoms with Crippen LogP contribution in [0.1, 0.15) is 57.1 Å². The molecule has 1 N–H and O–H groups in total. The van der Waals surface area contributed by atoms with Crippen LogP contribution in [0.3, 0.4) is 0 Å². The molecule has 0 unspecified atom stereocenters. The lowest BCUT2D eigenvalue weighted by Gasteiger charge is -2.26. The van der Waals surface area contributed by atoms with Crippen LogP contribution in [-0.2, 0) is 6.54 Å². The summed E-state index contributed by atoms with van der Waals surface area (Å²) in [6.45, 7) is 4.45. The number of carbonyl (C=O) groups excluding carboxylic acids is 1. The number of amides is 1. The van der Waals surface area contributed by atoms with Crippen LogP contribution in [-0.4, -0.2) is 35.9 Å². The fourth-order valence-corrected chi connectivity index (χ4v) is 4.95. The second kappa shape index (κ2) is 10.4. The number of nitrogens with one attached hydrogen (secondary N) is 1. The maximum absolute atomic E-state index is 14.2. The summed E-state index contributed by atoms with van der Waals surface area (Å²) in [6, 6.07) is 6.36. The van der Waals surface area contributed by atoms with Crippen molar-refractivity contribution < 1.29 is 18.7 Å². The zero-order chi connectivity index (χ0) is 22.5. The number of carbonyl (C=O) groups is 1. The number of hydrogen-bond donors (Lipinski definition) is 1. The first-order chi connectivity index (χ1) is 15.5. The van der Waals surface area contributed by atoms with Crippen molar-refractivity contribution in [3.63, 3.8) is 0 Å². The van der Waals surface area contributed by atoms with Gasteiger partial charge in [-0.15, -0.1) is 0 Å². The van der Waals surface area contributed by atoms with Gasteiger partial charge in [-0.2, -0.15) is 0 Å². The van der Waals surface area contributed by atoms with Crippen LogP contribution in [0.5, 0.6) is 11.5 Å². The second-order valence-electron chi connectivity index (χ2n) is 8.99. The van der Waals surface area contributed by atoms with Gasteiger partial charge in [0.1, 0.15) is 11.6 Å². The minimum absolute atomic E-state index is 0.325. The number of aromatic nitrogens is 1. The Morgan fingerprint density at radius 2 is 1.78 bits per heavy atom. The zero-order valence-electron chi connectivity index (χ0n) is 19.2. The number of methoxy groups -OCH3 is 1. The van der Waals surface area contributed by atoms with E-state index < -0.39 is 6.09 Å². The Kier molecular flexibility index (Phi) is 7.35. The van der Waals surface area contributed by atoms with Crippen molar-refractivity contribution in [2.75, 3.05) is 20.2 Å². The van der Waals surface area contributed by atoms with Gasteiger partial charge in [0.15, 0.2) is 5.75 Å². The largest absolute Gasteiger partial charge is 0.496 e. The van der Waals surface area contributed by atoms with Crippen LogP contribution in [0.25, 0.3) is 11.3 Å². The lowest BCUT2D eigenvalue weighted by atomic mass is 9.89. The van der Waals surface area contributed by atoms with Gasteiger partial charge in [-0.05, 0) is 56.7 Å². The van der Waals surface area contributed by atoms with Crippen molar-refractivity contribution in [2.45, 2.75) is 64.8 Å². The molecule has 2 heterocycles. The minimum Gasteiger partial charge on any atom is -0.496 e. The number of ether oxygens (including phenoxy) is 2. The third kappa shape index (κ3) is 5.26. The van der Waals surface area contributed by atoms with E-state index in [0.29, 0.717) is 23.0 Å². The molecule has 2 fully saturated rings. The Bertz CT molecular complexity index is 931. The number of piperidine rings is 1. The summed E-state index contributed by atoms with van der Waals surface area (Å²) in [5.74, 6) is 1.33. The second-order valence-corrected chi connectivity index (χ2v) is 8.99. The lowest BCUT2D eigenvalue weighted by molar-refractivity contribution is 0.129. The highest BCUT2D eigenvalue weighted by Gasteiger charge is 2.24. The molecule has 1 aliphatic heterocycles. The number of nitrogens with zero attached hydrogens (tertiary/aromatic N) is 2. The maximum atomic E-state index is 14.2. The summed E-state index contributed by atoms with van der Waals surface area (Å²) in [5, 5.41) is 1.91.